The molecule has 0 amide bonds. The van der Waals surface area contributed by atoms with E-state index in [9.17, 15) is 0 Å². The van der Waals surface area contributed by atoms with E-state index in [-0.39, 0.29) is 6.04 Å². The van der Waals surface area contributed by atoms with E-state index in [1.54, 1.807) is 0 Å². The SMILES string of the molecule is C=Cc1ccccc1C(=C)/C=C\C=C1\C=C(c2ccc3c(c2)c(C)c(C=C)n3-c2ccccc2)C=CC(=C)N1.CC.NC1C=CC=CC1. The highest BCUT2D eigenvalue weighted by Crippen LogP contribution is 2.33. The highest BCUT2D eigenvalue weighted by molar-refractivity contribution is 5.93. The summed E-state index contributed by atoms with van der Waals surface area (Å²) in [6, 6.07) is 25.5. The van der Waals surface area contributed by atoms with Gasteiger partial charge in [0.05, 0.1) is 5.52 Å². The Balaban J connectivity index is 0.000000507. The molecule has 2 heterocycles. The van der Waals surface area contributed by atoms with Crippen molar-refractivity contribution in [1.29, 1.82) is 0 Å². The molecule has 0 fully saturated rings. The van der Waals surface area contributed by atoms with Gasteiger partial charge in [0.1, 0.15) is 0 Å². The fraction of sp³-hybridized carbons (Fsp3) is 0.111. The monoisotopic (exact) mass is 629 g/mol. The first-order valence-corrected chi connectivity index (χ1v) is 16.5. The number of nitrogens with two attached hydrogens (primary N) is 1. The summed E-state index contributed by atoms with van der Waals surface area (Å²) in [7, 11) is 0. The van der Waals surface area contributed by atoms with Crippen molar-refractivity contribution in [3.8, 4) is 5.69 Å². The summed E-state index contributed by atoms with van der Waals surface area (Å²) in [6.07, 6.45) is 25.2. The first-order chi connectivity index (χ1) is 23.4. The van der Waals surface area contributed by atoms with Crippen LogP contribution in [0.3, 0.4) is 0 Å². The Morgan fingerprint density at radius 1 is 0.938 bits per heavy atom. The number of nitrogens with one attached hydrogen (secondary N) is 1. The molecule has 0 bridgehead atoms. The summed E-state index contributed by atoms with van der Waals surface area (Å²) in [6.45, 7) is 22.6. The zero-order chi connectivity index (χ0) is 34.5. The molecule has 48 heavy (non-hydrogen) atoms. The van der Waals surface area contributed by atoms with Crippen LogP contribution in [0.1, 0.15) is 48.2 Å². The summed E-state index contributed by atoms with van der Waals surface area (Å²) < 4.78 is 2.27. The molecule has 1 aliphatic heterocycles. The van der Waals surface area contributed by atoms with Crippen molar-refractivity contribution >= 4 is 34.2 Å². The molecule has 0 saturated carbocycles. The molecule has 2 aliphatic rings. The average Bonchev–Trinajstić information content (AvgIpc) is 3.27. The number of allylic oxidation sites excluding steroid dienone is 10. The number of fused-ring (bicyclic) bond motifs is 1. The van der Waals surface area contributed by atoms with Gasteiger partial charge in [-0.25, -0.2) is 0 Å². The van der Waals surface area contributed by atoms with Crippen molar-refractivity contribution in [2.75, 3.05) is 0 Å². The van der Waals surface area contributed by atoms with Crippen molar-refractivity contribution in [1.82, 2.24) is 9.88 Å². The summed E-state index contributed by atoms with van der Waals surface area (Å²) in [4.78, 5) is 0. The van der Waals surface area contributed by atoms with Gasteiger partial charge in [-0.15, -0.1) is 0 Å². The third-order valence-corrected chi connectivity index (χ3v) is 8.00. The third kappa shape index (κ3) is 8.58. The van der Waals surface area contributed by atoms with Gasteiger partial charge in [0.15, 0.2) is 0 Å². The normalized spacial score (nSPS) is 15.9. The van der Waals surface area contributed by atoms with Crippen LogP contribution < -0.4 is 11.1 Å². The highest BCUT2D eigenvalue weighted by atomic mass is 15.0. The van der Waals surface area contributed by atoms with Gasteiger partial charge in [0.2, 0.25) is 0 Å². The molecule has 0 spiro atoms. The standard InChI is InChI=1S/C37H32N2.C6H9N.C2H6/c1-6-29-15-11-12-19-34(29)26(3)14-13-16-32-24-30(21-20-27(4)38-32)31-22-23-37-35(25-31)28(5)36(7-2)39(37)33-17-9-8-10-18-33;7-6-4-2-1-3-5-6;1-2/h6-25,38H,1-4H2,5H3;1-4,6H,5,7H2;1-2H3/b14-13-,32-16-;;. The fourth-order valence-corrected chi connectivity index (χ4v) is 5.61. The lowest BCUT2D eigenvalue weighted by molar-refractivity contribution is 0.826. The Morgan fingerprint density at radius 3 is 2.35 bits per heavy atom. The molecule has 3 N–H and O–H groups in total. The quantitative estimate of drug-likeness (QED) is 0.200. The van der Waals surface area contributed by atoms with E-state index in [0.29, 0.717) is 0 Å². The Hall–Kier alpha value is -5.64. The van der Waals surface area contributed by atoms with Crippen LogP contribution in [0.25, 0.3) is 39.9 Å². The molecule has 3 nitrogen and oxygen atoms in total. The lowest BCUT2D eigenvalue weighted by atomic mass is 10.00. The zero-order valence-corrected chi connectivity index (χ0v) is 28.5. The van der Waals surface area contributed by atoms with Crippen molar-refractivity contribution in [2.45, 2.75) is 33.2 Å². The Bertz CT molecular complexity index is 1970. The Labute approximate surface area is 287 Å². The molecule has 0 saturated heterocycles. The summed E-state index contributed by atoms with van der Waals surface area (Å²) in [5.41, 5.74) is 17.2. The molecular weight excluding hydrogens is 583 g/mol. The van der Waals surface area contributed by atoms with Gasteiger partial charge in [-0.05, 0) is 95.3 Å². The van der Waals surface area contributed by atoms with Crippen LogP contribution in [0, 0.1) is 6.92 Å². The van der Waals surface area contributed by atoms with Gasteiger partial charge in [-0.2, -0.15) is 0 Å². The van der Waals surface area contributed by atoms with Crippen LogP contribution in [0.2, 0.25) is 0 Å². The largest absolute Gasteiger partial charge is 0.356 e. The predicted molar refractivity (Wildman–Crippen MR) is 213 cm³/mol. The highest BCUT2D eigenvalue weighted by Gasteiger charge is 2.15. The van der Waals surface area contributed by atoms with E-state index in [0.717, 1.165) is 62.5 Å². The van der Waals surface area contributed by atoms with Crippen LogP contribution in [-0.2, 0) is 0 Å². The number of aryl methyl sites for hydroxylation is 1. The molecule has 1 atom stereocenters. The number of rotatable bonds is 7. The van der Waals surface area contributed by atoms with Gasteiger partial charge >= 0.3 is 0 Å². The van der Waals surface area contributed by atoms with Crippen LogP contribution in [0.4, 0.5) is 0 Å². The van der Waals surface area contributed by atoms with E-state index >= 15 is 0 Å². The van der Waals surface area contributed by atoms with Gasteiger partial charge in [0.25, 0.3) is 0 Å². The molecule has 6 rings (SSSR count). The summed E-state index contributed by atoms with van der Waals surface area (Å²) in [5, 5.41) is 4.60. The second kappa shape index (κ2) is 17.3. The fourth-order valence-electron chi connectivity index (χ4n) is 5.61. The van der Waals surface area contributed by atoms with E-state index in [1.165, 1.54) is 10.9 Å². The molecule has 4 aromatic rings. The lowest BCUT2D eigenvalue weighted by Crippen LogP contribution is -2.16. The smallest absolute Gasteiger partial charge is 0.0537 e. The molecule has 3 aromatic carbocycles. The Kier molecular flexibility index (Phi) is 12.7. The number of aromatic nitrogens is 1. The number of hydrogen-bond acceptors (Lipinski definition) is 2. The minimum absolute atomic E-state index is 0.269. The number of para-hydroxylation sites is 1. The minimum Gasteiger partial charge on any atom is -0.356 e. The molecular formula is C45H47N3. The van der Waals surface area contributed by atoms with Crippen molar-refractivity contribution < 1.29 is 0 Å². The van der Waals surface area contributed by atoms with Crippen LogP contribution in [0.5, 0.6) is 0 Å². The van der Waals surface area contributed by atoms with Gasteiger partial charge in [-0.1, -0.05) is 137 Å². The summed E-state index contributed by atoms with van der Waals surface area (Å²) >= 11 is 0. The van der Waals surface area contributed by atoms with Crippen LogP contribution in [0.15, 0.2) is 171 Å². The third-order valence-electron chi connectivity index (χ3n) is 8.00. The van der Waals surface area contributed by atoms with Crippen molar-refractivity contribution in [3.63, 3.8) is 0 Å². The molecule has 1 aromatic heterocycles. The maximum Gasteiger partial charge on any atom is 0.0537 e. The van der Waals surface area contributed by atoms with Gasteiger partial charge < -0.3 is 15.6 Å². The zero-order valence-electron chi connectivity index (χ0n) is 28.5. The maximum atomic E-state index is 5.50. The average molecular weight is 630 g/mol. The summed E-state index contributed by atoms with van der Waals surface area (Å²) in [5.74, 6) is 0. The van der Waals surface area contributed by atoms with Crippen LogP contribution in [-0.4, -0.2) is 10.6 Å². The first kappa shape index (κ1) is 35.2. The van der Waals surface area contributed by atoms with E-state index < -0.39 is 0 Å². The second-order valence-electron chi connectivity index (χ2n) is 11.2. The molecule has 1 unspecified atom stereocenters. The molecule has 3 heteroatoms. The molecule has 1 aliphatic carbocycles. The van der Waals surface area contributed by atoms with Crippen LogP contribution >= 0.6 is 0 Å². The number of hydrogen-bond donors (Lipinski definition) is 2. The van der Waals surface area contributed by atoms with Gasteiger partial charge in [0, 0.05) is 34.2 Å². The van der Waals surface area contributed by atoms with Gasteiger partial charge in [-0.3, -0.25) is 0 Å². The maximum absolute atomic E-state index is 5.50. The van der Waals surface area contributed by atoms with E-state index in [4.69, 9.17) is 5.73 Å². The van der Waals surface area contributed by atoms with E-state index in [1.807, 2.05) is 92.8 Å². The minimum atomic E-state index is 0.269. The first-order valence-electron chi connectivity index (χ1n) is 16.5. The lowest BCUT2D eigenvalue weighted by Gasteiger charge is -2.09. The number of nitrogens with zero attached hydrogens (tertiary/aromatic N) is 1. The molecule has 242 valence electrons. The topological polar surface area (TPSA) is 43.0 Å². The Morgan fingerprint density at radius 2 is 1.69 bits per heavy atom. The second-order valence-corrected chi connectivity index (χ2v) is 11.2. The number of benzene rings is 3. The van der Waals surface area contributed by atoms with E-state index in [2.05, 4.69) is 110 Å². The molecule has 0 radical (unpaired) electrons. The predicted octanol–water partition coefficient (Wildman–Crippen LogP) is 11.3. The van der Waals surface area contributed by atoms with Crippen molar-refractivity contribution in [2.24, 2.45) is 5.73 Å². The van der Waals surface area contributed by atoms with Crippen molar-refractivity contribution in [3.05, 3.63) is 199 Å².